The lowest BCUT2D eigenvalue weighted by Gasteiger charge is -2.50. The molecule has 0 radical (unpaired) electrons. The second-order valence-corrected chi connectivity index (χ2v) is 18.8. The monoisotopic (exact) mass is 952 g/mol. The lowest BCUT2D eigenvalue weighted by Crippen LogP contribution is -3.00. The minimum atomic E-state index is -2.52. The van der Waals surface area contributed by atoms with Crippen LogP contribution in [0.3, 0.4) is 0 Å². The average Bonchev–Trinajstić information content (AvgIpc) is 3.72. The Hall–Kier alpha value is -5.41. The number of benzene rings is 5. The number of amides is 2. The standard InChI is InChI=1S/C44H37N6O5PS2.HI/c1-54-48-35(39-47-44(45)58-49-39)40(51)46-36-41(52)50-37(43(53)55-38(29-17-7-2-8-18-29)30-19-9-3-10-20-30)31(28-57-42(36)50)27-56(32-21-11-4-12-22-32,33-23-13-5-14-24-33)34-25-15-6-16-26-34;/h2-26,36,38,42H,27-28H2,1H3,(H2-,45,46,47,49,51);1H/t36?,42-;/m0./s1. The zero-order valence-electron chi connectivity index (χ0n) is 31.6. The summed E-state index contributed by atoms with van der Waals surface area (Å²) >= 11 is 2.39. The van der Waals surface area contributed by atoms with Gasteiger partial charge in [-0.15, -0.1) is 11.8 Å². The molecule has 3 heterocycles. The number of nitrogens with zero attached hydrogens (tertiary/aromatic N) is 4. The van der Waals surface area contributed by atoms with Crippen molar-refractivity contribution in [3.63, 3.8) is 0 Å². The van der Waals surface area contributed by atoms with Gasteiger partial charge in [-0.3, -0.25) is 14.5 Å². The van der Waals surface area contributed by atoms with Gasteiger partial charge in [-0.2, -0.15) is 9.36 Å². The zero-order valence-corrected chi connectivity index (χ0v) is 36.3. The number of thioether (sulfide) groups is 1. The fraction of sp³-hybridized carbons (Fsp3) is 0.136. The molecule has 2 amide bonds. The van der Waals surface area contributed by atoms with Crippen LogP contribution in [0.5, 0.6) is 0 Å². The molecule has 2 aliphatic heterocycles. The molecule has 6 aromatic rings. The van der Waals surface area contributed by atoms with E-state index in [4.69, 9.17) is 15.3 Å². The van der Waals surface area contributed by atoms with Gasteiger partial charge in [-0.1, -0.05) is 120 Å². The van der Waals surface area contributed by atoms with Crippen molar-refractivity contribution in [2.24, 2.45) is 5.16 Å². The molecule has 3 N–H and O–H groups in total. The molecular formula is C44H38IN6O5PS2. The minimum absolute atomic E-state index is 0. The van der Waals surface area contributed by atoms with E-state index in [1.54, 1.807) is 0 Å². The Morgan fingerprint density at radius 3 is 1.78 bits per heavy atom. The normalized spacial score (nSPS) is 16.4. The fourth-order valence-electron chi connectivity index (χ4n) is 7.41. The van der Waals surface area contributed by atoms with E-state index < -0.39 is 42.6 Å². The number of nitrogens with one attached hydrogen (secondary N) is 1. The van der Waals surface area contributed by atoms with Crippen LogP contribution in [0.25, 0.3) is 0 Å². The first-order valence-electron chi connectivity index (χ1n) is 18.4. The second kappa shape index (κ2) is 18.7. The second-order valence-electron chi connectivity index (χ2n) is 13.5. The number of hydrogen-bond donors (Lipinski definition) is 2. The van der Waals surface area contributed by atoms with Crippen LogP contribution in [0.15, 0.2) is 168 Å². The highest BCUT2D eigenvalue weighted by Gasteiger charge is 2.57. The molecule has 0 spiro atoms. The molecule has 5 aromatic carbocycles. The van der Waals surface area contributed by atoms with E-state index >= 15 is 4.79 Å². The molecular weight excluding hydrogens is 915 g/mol. The first-order valence-corrected chi connectivity index (χ1v) is 22.2. The number of aromatic nitrogens is 2. The van der Waals surface area contributed by atoms with Crippen molar-refractivity contribution in [2.75, 3.05) is 24.8 Å². The predicted molar refractivity (Wildman–Crippen MR) is 231 cm³/mol. The number of nitrogens with two attached hydrogens (primary N) is 1. The highest BCUT2D eigenvalue weighted by Crippen LogP contribution is 2.58. The number of nitrogen functional groups attached to an aromatic ring is 1. The smallest absolute Gasteiger partial charge is 0.356 e. The molecule has 15 heteroatoms. The van der Waals surface area contributed by atoms with Crippen LogP contribution >= 0.6 is 30.6 Å². The molecule has 0 bridgehead atoms. The molecule has 2 aliphatic rings. The molecule has 2 atom stereocenters. The number of ether oxygens (including phenoxy) is 1. The number of carbonyl (C=O) groups excluding carboxylic acids is 3. The maximum atomic E-state index is 15.1. The van der Waals surface area contributed by atoms with Gasteiger partial charge in [0, 0.05) is 22.9 Å². The Morgan fingerprint density at radius 1 is 0.831 bits per heavy atom. The van der Waals surface area contributed by atoms with Crippen molar-refractivity contribution in [1.82, 2.24) is 19.6 Å². The van der Waals surface area contributed by atoms with Crippen molar-refractivity contribution in [3.8, 4) is 0 Å². The van der Waals surface area contributed by atoms with E-state index in [2.05, 4.69) is 56.2 Å². The topological polar surface area (TPSA) is 149 Å². The Balaban J connectivity index is 0.00000528. The summed E-state index contributed by atoms with van der Waals surface area (Å²) in [6, 6.07) is 49.2. The molecule has 1 fully saturated rings. The highest BCUT2D eigenvalue weighted by atomic mass is 127. The Bertz CT molecular complexity index is 2340. The molecule has 0 saturated carbocycles. The number of oxime groups is 1. The Kier molecular flexibility index (Phi) is 13.2. The molecule has 0 aliphatic carbocycles. The summed E-state index contributed by atoms with van der Waals surface area (Å²) in [5.41, 5.74) is 8.09. The minimum Gasteiger partial charge on any atom is -1.00 e. The van der Waals surface area contributed by atoms with E-state index in [0.717, 1.165) is 44.1 Å². The van der Waals surface area contributed by atoms with Gasteiger partial charge in [-0.05, 0) is 47.5 Å². The molecule has 298 valence electrons. The zero-order chi connectivity index (χ0) is 40.1. The van der Waals surface area contributed by atoms with Crippen LogP contribution < -0.4 is 50.9 Å². The van der Waals surface area contributed by atoms with Crippen LogP contribution in [-0.2, 0) is 24.0 Å². The van der Waals surface area contributed by atoms with Gasteiger partial charge in [0.1, 0.15) is 47.4 Å². The van der Waals surface area contributed by atoms with E-state index in [0.29, 0.717) is 11.9 Å². The number of fused-ring (bicyclic) bond motifs is 1. The van der Waals surface area contributed by atoms with Crippen LogP contribution in [0.4, 0.5) is 5.13 Å². The number of anilines is 1. The maximum absolute atomic E-state index is 15.1. The number of halogens is 1. The van der Waals surface area contributed by atoms with E-state index in [9.17, 15) is 9.59 Å². The summed E-state index contributed by atoms with van der Waals surface area (Å²) in [7, 11) is -1.23. The molecule has 1 unspecified atom stereocenters. The van der Waals surface area contributed by atoms with Crippen molar-refractivity contribution < 1.29 is 47.9 Å². The van der Waals surface area contributed by atoms with Crippen molar-refractivity contribution >= 4 is 75.1 Å². The van der Waals surface area contributed by atoms with Crippen LogP contribution in [0, 0.1) is 0 Å². The van der Waals surface area contributed by atoms with E-state index in [1.807, 2.05) is 115 Å². The SMILES string of the molecule is CON=C(C(=O)NC1C(=O)N2C(C(=O)OC(c3ccccc3)c3ccccc3)=C(C[P+](c3ccccc3)(c3ccccc3)c3ccccc3)CS[C@@H]12)c1nsc(N)n1.[I-]. The third-order valence-corrected chi connectivity index (χ3v) is 16.3. The van der Waals surface area contributed by atoms with Crippen molar-refractivity contribution in [3.05, 3.63) is 180 Å². The fourth-order valence-corrected chi connectivity index (χ4v) is 13.7. The summed E-state index contributed by atoms with van der Waals surface area (Å²) in [6.45, 7) is 0. The number of carbonyl (C=O) groups is 3. The summed E-state index contributed by atoms with van der Waals surface area (Å²) in [5.74, 6) is -1.44. The lowest BCUT2D eigenvalue weighted by atomic mass is 10.0. The number of hydrogen-bond acceptors (Lipinski definition) is 11. The summed E-state index contributed by atoms with van der Waals surface area (Å²) in [6.07, 6.45) is -0.301. The van der Waals surface area contributed by atoms with Crippen LogP contribution in [0.1, 0.15) is 23.1 Å². The third kappa shape index (κ3) is 8.40. The van der Waals surface area contributed by atoms with E-state index in [-0.39, 0.29) is 46.3 Å². The highest BCUT2D eigenvalue weighted by molar-refractivity contribution is 8.00. The molecule has 1 aromatic heterocycles. The van der Waals surface area contributed by atoms with Gasteiger partial charge in [0.05, 0.1) is 6.16 Å². The average molecular weight is 953 g/mol. The third-order valence-electron chi connectivity index (χ3n) is 10.0. The number of β-lactam (4-membered cyclic amide) rings is 1. The Morgan fingerprint density at radius 2 is 1.32 bits per heavy atom. The van der Waals surface area contributed by atoms with Gasteiger partial charge in [0.15, 0.2) is 11.2 Å². The molecule has 59 heavy (non-hydrogen) atoms. The van der Waals surface area contributed by atoms with E-state index in [1.165, 1.54) is 23.8 Å². The molecule has 1 saturated heterocycles. The quantitative estimate of drug-likeness (QED) is 0.0445. The molecule has 11 nitrogen and oxygen atoms in total. The predicted octanol–water partition coefficient (Wildman–Crippen LogP) is 2.46. The summed E-state index contributed by atoms with van der Waals surface area (Å²) in [5, 5.41) is 9.56. The largest absolute Gasteiger partial charge is 1.00 e. The number of esters is 1. The van der Waals surface area contributed by atoms with Crippen molar-refractivity contribution in [1.29, 1.82) is 0 Å². The van der Waals surface area contributed by atoms with Gasteiger partial charge >= 0.3 is 5.97 Å². The maximum Gasteiger partial charge on any atom is 0.356 e. The van der Waals surface area contributed by atoms with Gasteiger partial charge in [0.25, 0.3) is 11.8 Å². The van der Waals surface area contributed by atoms with Gasteiger partial charge in [0.2, 0.25) is 11.5 Å². The lowest BCUT2D eigenvalue weighted by molar-refractivity contribution is -0.154. The first kappa shape index (κ1) is 41.7. The summed E-state index contributed by atoms with van der Waals surface area (Å²) < 4.78 is 10.6. The van der Waals surface area contributed by atoms with Gasteiger partial charge in [-0.25, -0.2) is 4.79 Å². The van der Waals surface area contributed by atoms with Crippen LogP contribution in [-0.4, -0.2) is 68.2 Å². The van der Waals surface area contributed by atoms with Crippen molar-refractivity contribution in [2.45, 2.75) is 17.5 Å². The first-order chi connectivity index (χ1) is 28.4. The van der Waals surface area contributed by atoms with Gasteiger partial charge < -0.3 is 44.6 Å². The van der Waals surface area contributed by atoms with Crippen LogP contribution in [0.2, 0.25) is 0 Å². The number of rotatable bonds is 13. The Labute approximate surface area is 367 Å². The molecule has 8 rings (SSSR count). The summed E-state index contributed by atoms with van der Waals surface area (Å²) in [4.78, 5) is 53.7.